The highest BCUT2D eigenvalue weighted by Crippen LogP contribution is 2.28. The summed E-state index contributed by atoms with van der Waals surface area (Å²) in [4.78, 5) is 18.0. The molecule has 0 unspecified atom stereocenters. The van der Waals surface area contributed by atoms with Crippen LogP contribution in [-0.4, -0.2) is 50.8 Å². The molecule has 1 amide bonds. The summed E-state index contributed by atoms with van der Waals surface area (Å²) in [5.41, 5.74) is -0.822. The van der Waals surface area contributed by atoms with Crippen LogP contribution >= 0.6 is 23.2 Å². The van der Waals surface area contributed by atoms with Crippen LogP contribution in [0.1, 0.15) is 12.8 Å². The highest BCUT2D eigenvalue weighted by Gasteiger charge is 2.34. The summed E-state index contributed by atoms with van der Waals surface area (Å²) in [7, 11) is 0. The lowest BCUT2D eigenvalue weighted by atomic mass is 9.91. The number of aromatic nitrogens is 2. The Morgan fingerprint density at radius 3 is 2.72 bits per heavy atom. The Hall–Kier alpha value is -1.76. The van der Waals surface area contributed by atoms with Gasteiger partial charge < -0.3 is 19.3 Å². The fourth-order valence-corrected chi connectivity index (χ4v) is 3.34. The highest BCUT2D eigenvalue weighted by atomic mass is 35.5. The zero-order valence-corrected chi connectivity index (χ0v) is 15.1. The molecule has 1 saturated heterocycles. The number of amides is 1. The molecule has 8 heteroatoms. The van der Waals surface area contributed by atoms with Crippen molar-refractivity contribution in [2.24, 2.45) is 0 Å². The van der Waals surface area contributed by atoms with Gasteiger partial charge in [0, 0.05) is 30.5 Å². The monoisotopic (exact) mass is 383 g/mol. The second kappa shape index (κ2) is 7.64. The molecular weight excluding hydrogens is 365 g/mol. The number of nitrogens with zero attached hydrogens (tertiary/aromatic N) is 3. The van der Waals surface area contributed by atoms with Crippen molar-refractivity contribution in [1.82, 2.24) is 14.5 Å². The summed E-state index contributed by atoms with van der Waals surface area (Å²) >= 11 is 11.9. The topological polar surface area (TPSA) is 67.6 Å². The molecule has 6 nitrogen and oxygen atoms in total. The number of rotatable bonds is 5. The first-order valence-corrected chi connectivity index (χ1v) is 8.75. The molecule has 1 aliphatic rings. The lowest BCUT2D eigenvalue weighted by Gasteiger charge is -2.38. The van der Waals surface area contributed by atoms with Crippen LogP contribution in [0.3, 0.4) is 0 Å². The number of halogens is 2. The van der Waals surface area contributed by atoms with Crippen molar-refractivity contribution >= 4 is 29.1 Å². The minimum Gasteiger partial charge on any atom is -0.482 e. The number of hydrogen-bond acceptors (Lipinski definition) is 4. The molecule has 25 heavy (non-hydrogen) atoms. The predicted octanol–water partition coefficient (Wildman–Crippen LogP) is 2.62. The molecule has 2 aromatic rings. The van der Waals surface area contributed by atoms with E-state index in [1.54, 1.807) is 35.6 Å². The highest BCUT2D eigenvalue weighted by molar-refractivity contribution is 6.35. The van der Waals surface area contributed by atoms with Crippen molar-refractivity contribution in [1.29, 1.82) is 0 Å². The van der Waals surface area contributed by atoms with Crippen molar-refractivity contribution in [3.63, 3.8) is 0 Å². The fourth-order valence-electron chi connectivity index (χ4n) is 2.87. The number of carbonyl (C=O) groups is 1. The number of carbonyl (C=O) groups excluding carboxylic acids is 1. The normalized spacial score (nSPS) is 16.7. The maximum Gasteiger partial charge on any atom is 0.260 e. The molecule has 0 bridgehead atoms. The van der Waals surface area contributed by atoms with Crippen LogP contribution in [-0.2, 0) is 11.3 Å². The van der Waals surface area contributed by atoms with Crippen LogP contribution in [0.2, 0.25) is 10.0 Å². The van der Waals surface area contributed by atoms with Gasteiger partial charge in [-0.2, -0.15) is 0 Å². The Balaban J connectivity index is 1.49. The van der Waals surface area contributed by atoms with E-state index in [0.29, 0.717) is 48.3 Å². The average Bonchev–Trinajstić information content (AvgIpc) is 3.07. The van der Waals surface area contributed by atoms with Crippen LogP contribution in [0.25, 0.3) is 0 Å². The molecule has 3 rings (SSSR count). The molecular formula is C17H19Cl2N3O3. The van der Waals surface area contributed by atoms with Gasteiger partial charge in [0.2, 0.25) is 0 Å². The Labute approximate surface area is 155 Å². The average molecular weight is 384 g/mol. The summed E-state index contributed by atoms with van der Waals surface area (Å²) in [6.45, 7) is 1.36. The number of benzene rings is 1. The van der Waals surface area contributed by atoms with Crippen molar-refractivity contribution < 1.29 is 14.6 Å². The van der Waals surface area contributed by atoms with Gasteiger partial charge in [0.1, 0.15) is 5.75 Å². The van der Waals surface area contributed by atoms with E-state index in [2.05, 4.69) is 4.98 Å². The van der Waals surface area contributed by atoms with Gasteiger partial charge in [-0.1, -0.05) is 23.2 Å². The largest absolute Gasteiger partial charge is 0.482 e. The number of piperidine rings is 1. The standard InChI is InChI=1S/C17H19Cl2N3O3/c18-13-1-2-15(14(19)9-13)25-10-16(23)22-6-3-17(24,4-7-22)11-21-8-5-20-12-21/h1-2,5,8-9,12,24H,3-4,6-7,10-11H2. The SMILES string of the molecule is O=C(COc1ccc(Cl)cc1Cl)N1CCC(O)(Cn2ccnc2)CC1. The third-order valence-corrected chi connectivity index (χ3v) is 4.86. The van der Waals surface area contributed by atoms with Gasteiger partial charge in [-0.15, -0.1) is 0 Å². The van der Waals surface area contributed by atoms with Gasteiger partial charge in [0.05, 0.1) is 23.5 Å². The van der Waals surface area contributed by atoms with E-state index in [1.807, 2.05) is 10.8 Å². The number of imidazole rings is 1. The van der Waals surface area contributed by atoms with E-state index in [0.717, 1.165) is 0 Å². The van der Waals surface area contributed by atoms with Crippen molar-refractivity contribution in [3.8, 4) is 5.75 Å². The quantitative estimate of drug-likeness (QED) is 0.861. The van der Waals surface area contributed by atoms with Crippen LogP contribution in [0.4, 0.5) is 0 Å². The van der Waals surface area contributed by atoms with Crippen molar-refractivity contribution in [3.05, 3.63) is 47.0 Å². The summed E-state index contributed by atoms with van der Waals surface area (Å²) in [6.07, 6.45) is 6.21. The summed E-state index contributed by atoms with van der Waals surface area (Å²) < 4.78 is 7.34. The third-order valence-electron chi connectivity index (χ3n) is 4.33. The summed E-state index contributed by atoms with van der Waals surface area (Å²) in [6, 6.07) is 4.86. The summed E-state index contributed by atoms with van der Waals surface area (Å²) in [5.74, 6) is 0.295. The Bertz CT molecular complexity index is 729. The Kier molecular flexibility index (Phi) is 5.51. The molecule has 1 aliphatic heterocycles. The van der Waals surface area contributed by atoms with Gasteiger partial charge in [-0.3, -0.25) is 4.79 Å². The first kappa shape index (κ1) is 18.0. The van der Waals surface area contributed by atoms with Crippen LogP contribution in [0, 0.1) is 0 Å². The zero-order valence-electron chi connectivity index (χ0n) is 13.6. The summed E-state index contributed by atoms with van der Waals surface area (Å²) in [5, 5.41) is 11.5. The van der Waals surface area contributed by atoms with E-state index in [1.165, 1.54) is 0 Å². The van der Waals surface area contributed by atoms with Crippen LogP contribution < -0.4 is 4.74 Å². The molecule has 0 atom stereocenters. The Morgan fingerprint density at radius 1 is 1.32 bits per heavy atom. The molecule has 0 spiro atoms. The molecule has 0 radical (unpaired) electrons. The second-order valence-electron chi connectivity index (χ2n) is 6.20. The van der Waals surface area contributed by atoms with E-state index < -0.39 is 5.60 Å². The second-order valence-corrected chi connectivity index (χ2v) is 7.05. The van der Waals surface area contributed by atoms with E-state index in [4.69, 9.17) is 27.9 Å². The number of aliphatic hydroxyl groups is 1. The van der Waals surface area contributed by atoms with Gasteiger partial charge in [-0.25, -0.2) is 4.98 Å². The number of ether oxygens (including phenoxy) is 1. The molecule has 1 aromatic carbocycles. The molecule has 1 fully saturated rings. The molecule has 2 heterocycles. The van der Waals surface area contributed by atoms with Crippen molar-refractivity contribution in [2.45, 2.75) is 25.0 Å². The van der Waals surface area contributed by atoms with Gasteiger partial charge in [0.15, 0.2) is 6.61 Å². The lowest BCUT2D eigenvalue weighted by molar-refractivity contribution is -0.138. The van der Waals surface area contributed by atoms with Crippen molar-refractivity contribution in [2.75, 3.05) is 19.7 Å². The van der Waals surface area contributed by atoms with E-state index in [9.17, 15) is 9.90 Å². The Morgan fingerprint density at radius 2 is 2.08 bits per heavy atom. The lowest BCUT2D eigenvalue weighted by Crippen LogP contribution is -2.49. The minimum absolute atomic E-state index is 0.0959. The first-order chi connectivity index (χ1) is 12.0. The van der Waals surface area contributed by atoms with Gasteiger partial charge in [0.25, 0.3) is 5.91 Å². The zero-order chi connectivity index (χ0) is 17.9. The van der Waals surface area contributed by atoms with Crippen LogP contribution in [0.15, 0.2) is 36.9 Å². The van der Waals surface area contributed by atoms with Gasteiger partial charge >= 0.3 is 0 Å². The molecule has 0 saturated carbocycles. The first-order valence-electron chi connectivity index (χ1n) is 7.99. The van der Waals surface area contributed by atoms with E-state index in [-0.39, 0.29) is 12.5 Å². The van der Waals surface area contributed by atoms with E-state index >= 15 is 0 Å². The van der Waals surface area contributed by atoms with Crippen LogP contribution in [0.5, 0.6) is 5.75 Å². The smallest absolute Gasteiger partial charge is 0.260 e. The third kappa shape index (κ3) is 4.66. The number of likely N-dealkylation sites (tertiary alicyclic amines) is 1. The van der Waals surface area contributed by atoms with Gasteiger partial charge in [-0.05, 0) is 31.0 Å². The fraction of sp³-hybridized carbons (Fsp3) is 0.412. The molecule has 0 aliphatic carbocycles. The minimum atomic E-state index is -0.822. The molecule has 1 N–H and O–H groups in total. The predicted molar refractivity (Wildman–Crippen MR) is 94.9 cm³/mol. The molecule has 134 valence electrons. The maximum absolute atomic E-state index is 12.3. The molecule has 1 aromatic heterocycles. The number of hydrogen-bond donors (Lipinski definition) is 1. The maximum atomic E-state index is 12.3.